The van der Waals surface area contributed by atoms with E-state index < -0.39 is 5.91 Å². The van der Waals surface area contributed by atoms with Crippen molar-refractivity contribution in [2.75, 3.05) is 31.2 Å². The zero-order chi connectivity index (χ0) is 12.4. The van der Waals surface area contributed by atoms with Crippen LogP contribution in [0.2, 0.25) is 0 Å². The van der Waals surface area contributed by atoms with Gasteiger partial charge < -0.3 is 21.7 Å². The van der Waals surface area contributed by atoms with Crippen LogP contribution in [0, 0.1) is 0 Å². The molecular weight excluding hydrogens is 216 g/mol. The number of hydrogen-bond acceptors (Lipinski definition) is 4. The molecule has 1 fully saturated rings. The third kappa shape index (κ3) is 2.68. The average Bonchev–Trinajstić information content (AvgIpc) is 2.66. The smallest absolute Gasteiger partial charge is 0.250 e. The van der Waals surface area contributed by atoms with Crippen molar-refractivity contribution in [3.05, 3.63) is 23.8 Å². The molecule has 0 aromatic heterocycles. The molecule has 1 saturated heterocycles. The number of amides is 1. The van der Waals surface area contributed by atoms with Crippen molar-refractivity contribution in [2.45, 2.75) is 12.5 Å². The fourth-order valence-corrected chi connectivity index (χ4v) is 2.15. The summed E-state index contributed by atoms with van der Waals surface area (Å²) in [6.07, 6.45) is 1.10. The molecule has 1 atom stereocenters. The molecule has 1 heterocycles. The van der Waals surface area contributed by atoms with E-state index >= 15 is 0 Å². The van der Waals surface area contributed by atoms with Gasteiger partial charge in [-0.3, -0.25) is 4.79 Å². The fourth-order valence-electron chi connectivity index (χ4n) is 2.15. The lowest BCUT2D eigenvalue weighted by Crippen LogP contribution is -2.24. The van der Waals surface area contributed by atoms with Crippen molar-refractivity contribution in [1.82, 2.24) is 4.90 Å². The summed E-state index contributed by atoms with van der Waals surface area (Å²) in [5.41, 5.74) is 12.6. The van der Waals surface area contributed by atoms with Crippen molar-refractivity contribution in [1.29, 1.82) is 0 Å². The summed E-state index contributed by atoms with van der Waals surface area (Å²) in [5, 5.41) is 3.39. The van der Waals surface area contributed by atoms with Crippen molar-refractivity contribution in [2.24, 2.45) is 5.73 Å². The molecule has 17 heavy (non-hydrogen) atoms. The van der Waals surface area contributed by atoms with Gasteiger partial charge in [-0.2, -0.15) is 0 Å². The molecule has 0 aliphatic carbocycles. The highest BCUT2D eigenvalue weighted by atomic mass is 16.1. The summed E-state index contributed by atoms with van der Waals surface area (Å²) in [5.74, 6) is -0.491. The Morgan fingerprint density at radius 2 is 2.29 bits per heavy atom. The quantitative estimate of drug-likeness (QED) is 0.664. The van der Waals surface area contributed by atoms with Crippen LogP contribution in [-0.2, 0) is 0 Å². The largest absolute Gasteiger partial charge is 0.398 e. The lowest BCUT2D eigenvalue weighted by molar-refractivity contribution is 0.100. The summed E-state index contributed by atoms with van der Waals surface area (Å²) < 4.78 is 0. The second-order valence-electron chi connectivity index (χ2n) is 4.56. The SMILES string of the molecule is CN1CCC(Nc2ccc(N)c(C(N)=O)c2)C1. The number of nitrogens with two attached hydrogens (primary N) is 2. The number of nitrogen functional groups attached to an aromatic ring is 1. The highest BCUT2D eigenvalue weighted by molar-refractivity contribution is 5.98. The van der Waals surface area contributed by atoms with Crippen LogP contribution in [0.5, 0.6) is 0 Å². The molecule has 1 amide bonds. The Hall–Kier alpha value is -1.75. The van der Waals surface area contributed by atoms with Gasteiger partial charge in [-0.1, -0.05) is 0 Å². The molecule has 1 aliphatic rings. The number of anilines is 2. The number of hydrogen-bond donors (Lipinski definition) is 3. The predicted octanol–water partition coefficient (Wildman–Crippen LogP) is 0.484. The van der Waals surface area contributed by atoms with Gasteiger partial charge in [0, 0.05) is 24.0 Å². The molecule has 0 saturated carbocycles. The first-order valence-electron chi connectivity index (χ1n) is 5.70. The third-order valence-electron chi connectivity index (χ3n) is 3.08. The molecule has 0 radical (unpaired) electrons. The number of nitrogens with zero attached hydrogens (tertiary/aromatic N) is 1. The highest BCUT2D eigenvalue weighted by Gasteiger charge is 2.19. The van der Waals surface area contributed by atoms with Crippen LogP contribution in [0.25, 0.3) is 0 Å². The highest BCUT2D eigenvalue weighted by Crippen LogP contribution is 2.20. The molecule has 0 spiro atoms. The first kappa shape index (κ1) is 11.7. The van der Waals surface area contributed by atoms with Gasteiger partial charge in [0.25, 0.3) is 5.91 Å². The summed E-state index contributed by atoms with van der Waals surface area (Å²) >= 11 is 0. The number of carbonyl (C=O) groups is 1. The minimum absolute atomic E-state index is 0.376. The van der Waals surface area contributed by atoms with E-state index in [0.29, 0.717) is 17.3 Å². The van der Waals surface area contributed by atoms with E-state index in [9.17, 15) is 4.79 Å². The van der Waals surface area contributed by atoms with Gasteiger partial charge in [-0.05, 0) is 38.2 Å². The molecule has 1 unspecified atom stereocenters. The topological polar surface area (TPSA) is 84.4 Å². The van der Waals surface area contributed by atoms with Gasteiger partial charge in [0.05, 0.1) is 5.56 Å². The molecule has 2 rings (SSSR count). The number of carbonyl (C=O) groups excluding carboxylic acids is 1. The summed E-state index contributed by atoms with van der Waals surface area (Å²) in [4.78, 5) is 13.4. The van der Waals surface area contributed by atoms with Gasteiger partial charge in [-0.15, -0.1) is 0 Å². The van der Waals surface area contributed by atoms with Gasteiger partial charge in [-0.25, -0.2) is 0 Å². The van der Waals surface area contributed by atoms with Gasteiger partial charge in [0.2, 0.25) is 0 Å². The molecule has 1 aliphatic heterocycles. The van der Waals surface area contributed by atoms with Crippen molar-refractivity contribution >= 4 is 17.3 Å². The monoisotopic (exact) mass is 234 g/mol. The van der Waals surface area contributed by atoms with E-state index in [1.54, 1.807) is 12.1 Å². The van der Waals surface area contributed by atoms with Crippen LogP contribution < -0.4 is 16.8 Å². The first-order chi connectivity index (χ1) is 8.06. The number of benzene rings is 1. The lowest BCUT2D eigenvalue weighted by atomic mass is 10.1. The zero-order valence-corrected chi connectivity index (χ0v) is 9.94. The van der Waals surface area contributed by atoms with Gasteiger partial charge >= 0.3 is 0 Å². The Labute approximate surface area is 101 Å². The number of nitrogens with one attached hydrogen (secondary N) is 1. The van der Waals surface area contributed by atoms with Crippen molar-refractivity contribution < 1.29 is 4.79 Å². The number of rotatable bonds is 3. The Balaban J connectivity index is 2.11. The summed E-state index contributed by atoms with van der Waals surface area (Å²) in [6, 6.07) is 5.72. The van der Waals surface area contributed by atoms with Gasteiger partial charge in [0.15, 0.2) is 0 Å². The zero-order valence-electron chi connectivity index (χ0n) is 9.94. The van der Waals surface area contributed by atoms with E-state index in [1.165, 1.54) is 0 Å². The maximum Gasteiger partial charge on any atom is 0.250 e. The molecular formula is C12H18N4O. The Bertz CT molecular complexity index is 433. The second-order valence-corrected chi connectivity index (χ2v) is 4.56. The molecule has 5 nitrogen and oxygen atoms in total. The van der Waals surface area contributed by atoms with Crippen molar-refractivity contribution in [3.63, 3.8) is 0 Å². The second kappa shape index (κ2) is 4.63. The molecule has 5 N–H and O–H groups in total. The van der Waals surface area contributed by atoms with Crippen LogP contribution in [0.15, 0.2) is 18.2 Å². The van der Waals surface area contributed by atoms with Crippen LogP contribution in [0.1, 0.15) is 16.8 Å². The summed E-state index contributed by atoms with van der Waals surface area (Å²) in [7, 11) is 2.10. The molecule has 0 bridgehead atoms. The van der Waals surface area contributed by atoms with Crippen LogP contribution in [0.3, 0.4) is 0 Å². The maximum absolute atomic E-state index is 11.2. The fraction of sp³-hybridized carbons (Fsp3) is 0.417. The number of primary amides is 1. The summed E-state index contributed by atoms with van der Waals surface area (Å²) in [6.45, 7) is 2.10. The van der Waals surface area contributed by atoms with Gasteiger partial charge in [0.1, 0.15) is 0 Å². The van der Waals surface area contributed by atoms with E-state index in [1.807, 2.05) is 6.07 Å². The molecule has 92 valence electrons. The Kier molecular flexibility index (Phi) is 3.19. The van der Waals surface area contributed by atoms with Crippen LogP contribution in [-0.4, -0.2) is 37.0 Å². The minimum Gasteiger partial charge on any atom is -0.398 e. The standard InChI is InChI=1S/C12H18N4O/c1-16-5-4-9(7-16)15-8-2-3-11(13)10(6-8)12(14)17/h2-3,6,9,15H,4-5,7,13H2,1H3,(H2,14,17). The number of likely N-dealkylation sites (tertiary alicyclic amines) is 1. The normalized spacial score (nSPS) is 20.4. The number of likely N-dealkylation sites (N-methyl/N-ethyl adjacent to an activating group) is 1. The van der Waals surface area contributed by atoms with E-state index in [-0.39, 0.29) is 0 Å². The Morgan fingerprint density at radius 1 is 1.53 bits per heavy atom. The van der Waals surface area contributed by atoms with E-state index in [0.717, 1.165) is 25.2 Å². The average molecular weight is 234 g/mol. The van der Waals surface area contributed by atoms with Crippen LogP contribution >= 0.6 is 0 Å². The van der Waals surface area contributed by atoms with E-state index in [4.69, 9.17) is 11.5 Å². The lowest BCUT2D eigenvalue weighted by Gasteiger charge is -2.15. The first-order valence-corrected chi connectivity index (χ1v) is 5.70. The van der Waals surface area contributed by atoms with E-state index in [2.05, 4.69) is 17.3 Å². The maximum atomic E-state index is 11.2. The molecule has 1 aromatic carbocycles. The molecule has 5 heteroatoms. The third-order valence-corrected chi connectivity index (χ3v) is 3.08. The molecule has 1 aromatic rings. The van der Waals surface area contributed by atoms with Crippen molar-refractivity contribution in [3.8, 4) is 0 Å². The predicted molar refractivity (Wildman–Crippen MR) is 68.9 cm³/mol. The van der Waals surface area contributed by atoms with Crippen LogP contribution in [0.4, 0.5) is 11.4 Å². The Morgan fingerprint density at radius 3 is 2.88 bits per heavy atom. The minimum atomic E-state index is -0.491.